The molecule has 0 fully saturated rings. The standard InChI is InChI=1S/C18H30ClNO/c1-5-8-14-20(16-17(6-2)11-9-13-19)18(7-3)12-10-15-21-4/h6-7,9-12H,5,8,13-16H2,1-4H3/b11-9-,12-10-,17-6+,18-7+. The highest BCUT2D eigenvalue weighted by Gasteiger charge is 2.07. The van der Waals surface area contributed by atoms with Crippen LogP contribution in [-0.4, -0.2) is 37.6 Å². The quantitative estimate of drug-likeness (QED) is 0.396. The molecule has 0 unspecified atom stereocenters. The maximum Gasteiger partial charge on any atom is 0.0647 e. The first-order chi connectivity index (χ1) is 10.2. The maximum absolute atomic E-state index is 5.73. The number of hydrogen-bond donors (Lipinski definition) is 0. The fourth-order valence-electron chi connectivity index (χ4n) is 1.95. The van der Waals surface area contributed by atoms with Gasteiger partial charge >= 0.3 is 0 Å². The molecule has 0 aliphatic heterocycles. The Kier molecular flexibility index (Phi) is 13.3. The Morgan fingerprint density at radius 3 is 2.43 bits per heavy atom. The Balaban J connectivity index is 4.94. The lowest BCUT2D eigenvalue weighted by atomic mass is 10.1. The molecule has 0 aromatic heterocycles. The number of rotatable bonds is 11. The smallest absolute Gasteiger partial charge is 0.0647 e. The number of unbranched alkanes of at least 4 members (excludes halogenated alkanes) is 1. The van der Waals surface area contributed by atoms with E-state index < -0.39 is 0 Å². The van der Waals surface area contributed by atoms with Gasteiger partial charge in [-0.3, -0.25) is 0 Å². The first-order valence-electron chi connectivity index (χ1n) is 7.67. The SMILES string of the molecule is C/C=C(\C=C/CCl)CN(CCCC)C(/C=C\COC)=C/C. The lowest BCUT2D eigenvalue weighted by Gasteiger charge is -2.26. The van der Waals surface area contributed by atoms with Gasteiger partial charge < -0.3 is 9.64 Å². The minimum Gasteiger partial charge on any atom is -0.381 e. The molecule has 3 heteroatoms. The molecular weight excluding hydrogens is 282 g/mol. The second-order valence-corrected chi connectivity index (χ2v) is 5.08. The topological polar surface area (TPSA) is 12.5 Å². The van der Waals surface area contributed by atoms with E-state index in [1.165, 1.54) is 24.1 Å². The van der Waals surface area contributed by atoms with Crippen LogP contribution in [0.3, 0.4) is 0 Å². The average molecular weight is 312 g/mol. The first-order valence-corrected chi connectivity index (χ1v) is 8.21. The molecule has 0 bridgehead atoms. The number of ether oxygens (including phenoxy) is 1. The zero-order valence-electron chi connectivity index (χ0n) is 13.9. The van der Waals surface area contributed by atoms with Crippen molar-refractivity contribution in [2.24, 2.45) is 0 Å². The summed E-state index contributed by atoms with van der Waals surface area (Å²) in [7, 11) is 1.71. The minimum atomic E-state index is 0.552. The van der Waals surface area contributed by atoms with Gasteiger partial charge in [-0.05, 0) is 31.9 Å². The number of allylic oxidation sites excluding steroid dienone is 4. The van der Waals surface area contributed by atoms with Crippen LogP contribution in [0.25, 0.3) is 0 Å². The monoisotopic (exact) mass is 311 g/mol. The second-order valence-electron chi connectivity index (χ2n) is 4.77. The summed E-state index contributed by atoms with van der Waals surface area (Å²) in [4.78, 5) is 2.41. The Labute approximate surface area is 135 Å². The van der Waals surface area contributed by atoms with Gasteiger partial charge in [0.2, 0.25) is 0 Å². The van der Waals surface area contributed by atoms with Crippen molar-refractivity contribution in [2.75, 3.05) is 32.7 Å². The van der Waals surface area contributed by atoms with Crippen molar-refractivity contribution in [3.8, 4) is 0 Å². The van der Waals surface area contributed by atoms with E-state index in [0.29, 0.717) is 12.5 Å². The molecule has 0 amide bonds. The van der Waals surface area contributed by atoms with Crippen LogP contribution in [-0.2, 0) is 4.74 Å². The number of nitrogens with zero attached hydrogens (tertiary/aromatic N) is 1. The molecule has 0 rings (SSSR count). The van der Waals surface area contributed by atoms with Crippen LogP contribution in [0, 0.1) is 0 Å². The van der Waals surface area contributed by atoms with Gasteiger partial charge in [0, 0.05) is 31.8 Å². The highest BCUT2D eigenvalue weighted by atomic mass is 35.5. The van der Waals surface area contributed by atoms with Gasteiger partial charge in [0.25, 0.3) is 0 Å². The zero-order chi connectivity index (χ0) is 15.9. The number of halogens is 1. The van der Waals surface area contributed by atoms with Crippen molar-refractivity contribution >= 4 is 11.6 Å². The summed E-state index contributed by atoms with van der Waals surface area (Å²) in [6, 6.07) is 0. The van der Waals surface area contributed by atoms with Crippen LogP contribution in [0.15, 0.2) is 47.7 Å². The summed E-state index contributed by atoms with van der Waals surface area (Å²) in [6.07, 6.45) is 15.0. The fourth-order valence-corrected chi connectivity index (χ4v) is 2.04. The molecule has 21 heavy (non-hydrogen) atoms. The molecule has 0 N–H and O–H groups in total. The molecule has 0 radical (unpaired) electrons. The predicted octanol–water partition coefficient (Wildman–Crippen LogP) is 4.94. The fraction of sp³-hybridized carbons (Fsp3) is 0.556. The van der Waals surface area contributed by atoms with Crippen LogP contribution in [0.2, 0.25) is 0 Å². The van der Waals surface area contributed by atoms with Crippen molar-refractivity contribution in [3.05, 3.63) is 47.7 Å². The Bertz CT molecular complexity index is 369. The highest BCUT2D eigenvalue weighted by Crippen LogP contribution is 2.12. The van der Waals surface area contributed by atoms with E-state index in [9.17, 15) is 0 Å². The molecule has 0 saturated heterocycles. The molecule has 0 saturated carbocycles. The van der Waals surface area contributed by atoms with Crippen molar-refractivity contribution in [1.29, 1.82) is 0 Å². The summed E-state index contributed by atoms with van der Waals surface area (Å²) in [5.74, 6) is 0.552. The lowest BCUT2D eigenvalue weighted by molar-refractivity contribution is 0.233. The lowest BCUT2D eigenvalue weighted by Crippen LogP contribution is -2.25. The second kappa shape index (κ2) is 14.0. The third kappa shape index (κ3) is 9.54. The number of alkyl halides is 1. The third-order valence-corrected chi connectivity index (χ3v) is 3.34. The van der Waals surface area contributed by atoms with Crippen molar-refractivity contribution < 1.29 is 4.74 Å². The summed E-state index contributed by atoms with van der Waals surface area (Å²) in [6.45, 7) is 8.97. The van der Waals surface area contributed by atoms with Gasteiger partial charge in [-0.1, -0.05) is 43.7 Å². The van der Waals surface area contributed by atoms with Crippen molar-refractivity contribution in [2.45, 2.75) is 33.6 Å². The highest BCUT2D eigenvalue weighted by molar-refractivity contribution is 6.18. The van der Waals surface area contributed by atoms with Crippen LogP contribution >= 0.6 is 11.6 Å². The molecule has 0 aromatic carbocycles. The van der Waals surface area contributed by atoms with E-state index in [-0.39, 0.29) is 0 Å². The van der Waals surface area contributed by atoms with Crippen LogP contribution in [0.5, 0.6) is 0 Å². The summed E-state index contributed by atoms with van der Waals surface area (Å²) in [5.41, 5.74) is 2.52. The van der Waals surface area contributed by atoms with Crippen LogP contribution in [0.1, 0.15) is 33.6 Å². The molecule has 0 spiro atoms. The average Bonchev–Trinajstić information content (AvgIpc) is 2.51. The largest absolute Gasteiger partial charge is 0.381 e. The molecule has 0 aliphatic carbocycles. The zero-order valence-corrected chi connectivity index (χ0v) is 14.7. The Hall–Kier alpha value is -0.990. The van der Waals surface area contributed by atoms with Gasteiger partial charge in [0.1, 0.15) is 0 Å². The van der Waals surface area contributed by atoms with Gasteiger partial charge in [0.15, 0.2) is 0 Å². The molecule has 120 valence electrons. The van der Waals surface area contributed by atoms with Crippen molar-refractivity contribution in [3.63, 3.8) is 0 Å². The maximum atomic E-state index is 5.73. The minimum absolute atomic E-state index is 0.552. The summed E-state index contributed by atoms with van der Waals surface area (Å²) < 4.78 is 5.08. The van der Waals surface area contributed by atoms with E-state index >= 15 is 0 Å². The first kappa shape index (κ1) is 20.0. The molecular formula is C18H30ClNO. The van der Waals surface area contributed by atoms with Crippen LogP contribution in [0.4, 0.5) is 0 Å². The van der Waals surface area contributed by atoms with Gasteiger partial charge in [-0.15, -0.1) is 11.6 Å². The normalized spacial score (nSPS) is 13.6. The Morgan fingerprint density at radius 2 is 1.90 bits per heavy atom. The number of methoxy groups -OCH3 is 1. The van der Waals surface area contributed by atoms with E-state index in [1.54, 1.807) is 7.11 Å². The van der Waals surface area contributed by atoms with E-state index in [0.717, 1.165) is 13.1 Å². The Morgan fingerprint density at radius 1 is 1.14 bits per heavy atom. The van der Waals surface area contributed by atoms with E-state index in [4.69, 9.17) is 16.3 Å². The molecule has 0 atom stereocenters. The molecule has 0 heterocycles. The van der Waals surface area contributed by atoms with Gasteiger partial charge in [-0.2, -0.15) is 0 Å². The van der Waals surface area contributed by atoms with Crippen molar-refractivity contribution in [1.82, 2.24) is 4.90 Å². The predicted molar refractivity (Wildman–Crippen MR) is 94.9 cm³/mol. The number of hydrogen-bond acceptors (Lipinski definition) is 2. The summed E-state index contributed by atoms with van der Waals surface area (Å²) >= 11 is 5.73. The van der Waals surface area contributed by atoms with Crippen LogP contribution < -0.4 is 0 Å². The third-order valence-electron chi connectivity index (χ3n) is 3.16. The molecule has 0 aliphatic rings. The molecule has 2 nitrogen and oxygen atoms in total. The van der Waals surface area contributed by atoms with Gasteiger partial charge in [-0.25, -0.2) is 0 Å². The molecule has 0 aromatic rings. The summed E-state index contributed by atoms with van der Waals surface area (Å²) in [5, 5.41) is 0. The van der Waals surface area contributed by atoms with Gasteiger partial charge in [0.05, 0.1) is 6.61 Å². The van der Waals surface area contributed by atoms with E-state index in [2.05, 4.69) is 56.1 Å². The van der Waals surface area contributed by atoms with E-state index in [1.807, 2.05) is 6.08 Å².